The molecule has 0 aliphatic carbocycles. The molecular formula is C27H39N7O5S. The quantitative estimate of drug-likeness (QED) is 0.365. The lowest BCUT2D eigenvalue weighted by atomic mass is 9.73. The summed E-state index contributed by atoms with van der Waals surface area (Å²) < 4.78 is 24.3. The van der Waals surface area contributed by atoms with E-state index >= 15 is 0 Å². The van der Waals surface area contributed by atoms with Crippen LogP contribution in [0.2, 0.25) is 0 Å². The second kappa shape index (κ2) is 11.0. The number of nitrogen functional groups attached to an aromatic ring is 1. The maximum absolute atomic E-state index is 13.6. The van der Waals surface area contributed by atoms with Crippen molar-refractivity contribution in [3.8, 4) is 5.75 Å². The number of rotatable bonds is 7. The van der Waals surface area contributed by atoms with E-state index in [4.69, 9.17) is 35.4 Å². The molecule has 4 atom stereocenters. The number of ether oxygens (including phenoxy) is 4. The molecule has 4 aliphatic rings. The zero-order valence-electron chi connectivity index (χ0n) is 23.4. The van der Waals surface area contributed by atoms with E-state index in [9.17, 15) is 4.79 Å². The predicted octanol–water partition coefficient (Wildman–Crippen LogP) is 1.45. The highest BCUT2D eigenvalue weighted by Gasteiger charge is 2.48. The lowest BCUT2D eigenvalue weighted by Gasteiger charge is -2.41. The lowest BCUT2D eigenvalue weighted by Crippen LogP contribution is -2.51. The van der Waals surface area contributed by atoms with Gasteiger partial charge in [-0.05, 0) is 32.3 Å². The summed E-state index contributed by atoms with van der Waals surface area (Å²) in [5.74, 6) is 2.64. The second-order valence-corrected chi connectivity index (χ2v) is 12.5. The number of anilines is 3. The van der Waals surface area contributed by atoms with E-state index in [1.807, 2.05) is 13.0 Å². The Labute approximate surface area is 238 Å². The summed E-state index contributed by atoms with van der Waals surface area (Å²) in [6, 6.07) is 2.13. The van der Waals surface area contributed by atoms with Gasteiger partial charge in [-0.15, -0.1) is 0 Å². The van der Waals surface area contributed by atoms with Crippen LogP contribution in [0.1, 0.15) is 26.2 Å². The third-order valence-corrected chi connectivity index (χ3v) is 10.1. The molecule has 4 N–H and O–H groups in total. The first-order chi connectivity index (χ1) is 19.3. The fourth-order valence-electron chi connectivity index (χ4n) is 6.57. The van der Waals surface area contributed by atoms with E-state index in [0.29, 0.717) is 42.3 Å². The summed E-state index contributed by atoms with van der Waals surface area (Å²) in [6.07, 6.45) is 4.57. The Kier molecular flexibility index (Phi) is 7.59. The van der Waals surface area contributed by atoms with Crippen LogP contribution in [0.25, 0.3) is 0 Å². The molecule has 2 aromatic heterocycles. The van der Waals surface area contributed by atoms with Gasteiger partial charge in [-0.2, -0.15) is 4.98 Å². The molecule has 0 aromatic carbocycles. The van der Waals surface area contributed by atoms with E-state index in [1.165, 1.54) is 11.8 Å². The number of methoxy groups -OCH3 is 1. The molecule has 6 heterocycles. The monoisotopic (exact) mass is 573 g/mol. The van der Waals surface area contributed by atoms with Crippen LogP contribution in [0, 0.1) is 11.3 Å². The maximum atomic E-state index is 13.6. The van der Waals surface area contributed by atoms with Gasteiger partial charge in [0.25, 0.3) is 5.56 Å². The number of piperidine rings is 1. The van der Waals surface area contributed by atoms with Gasteiger partial charge in [0.05, 0.1) is 30.3 Å². The van der Waals surface area contributed by atoms with Gasteiger partial charge in [-0.25, -0.2) is 4.98 Å². The number of pyridine rings is 1. The zero-order chi connectivity index (χ0) is 28.0. The number of aromatic nitrogens is 3. The Balaban J connectivity index is 1.19. The van der Waals surface area contributed by atoms with Gasteiger partial charge >= 0.3 is 0 Å². The third-order valence-electron chi connectivity index (χ3n) is 8.95. The van der Waals surface area contributed by atoms with Gasteiger partial charge in [-0.3, -0.25) is 9.36 Å². The van der Waals surface area contributed by atoms with Crippen molar-refractivity contribution in [3.05, 3.63) is 22.6 Å². The first-order valence-corrected chi connectivity index (χ1v) is 14.7. The van der Waals surface area contributed by atoms with Crippen molar-refractivity contribution in [1.29, 1.82) is 0 Å². The summed E-state index contributed by atoms with van der Waals surface area (Å²) in [6.45, 7) is 6.53. The van der Waals surface area contributed by atoms with Crippen molar-refractivity contribution >= 4 is 29.3 Å². The van der Waals surface area contributed by atoms with Crippen molar-refractivity contribution in [2.75, 3.05) is 68.9 Å². The Hall–Kier alpha value is -2.58. The summed E-state index contributed by atoms with van der Waals surface area (Å²) in [5.41, 5.74) is 12.7. The van der Waals surface area contributed by atoms with Crippen LogP contribution in [0.4, 0.5) is 17.6 Å². The van der Waals surface area contributed by atoms with Gasteiger partial charge in [0.2, 0.25) is 5.95 Å². The minimum absolute atomic E-state index is 0.0120. The van der Waals surface area contributed by atoms with E-state index in [-0.39, 0.29) is 41.8 Å². The maximum Gasteiger partial charge on any atom is 0.270 e. The van der Waals surface area contributed by atoms with Crippen LogP contribution >= 0.6 is 11.8 Å². The molecule has 1 unspecified atom stereocenters. The second-order valence-electron chi connectivity index (χ2n) is 11.4. The molecular weight excluding hydrogens is 534 g/mol. The average Bonchev–Trinajstić information content (AvgIpc) is 3.50. The third kappa shape index (κ3) is 4.81. The van der Waals surface area contributed by atoms with Crippen LogP contribution in [-0.4, -0.2) is 86.1 Å². The minimum atomic E-state index is -0.182. The number of fused-ring (bicyclic) bond motifs is 3. The van der Waals surface area contributed by atoms with E-state index in [2.05, 4.69) is 14.8 Å². The van der Waals surface area contributed by atoms with Gasteiger partial charge < -0.3 is 40.2 Å². The Morgan fingerprint density at radius 3 is 2.83 bits per heavy atom. The van der Waals surface area contributed by atoms with Crippen LogP contribution < -0.4 is 31.6 Å². The molecule has 40 heavy (non-hydrogen) atoms. The first-order valence-electron chi connectivity index (χ1n) is 13.9. The summed E-state index contributed by atoms with van der Waals surface area (Å²) in [4.78, 5) is 28.5. The topological polar surface area (TPSA) is 143 Å². The van der Waals surface area contributed by atoms with Gasteiger partial charge in [0.15, 0.2) is 11.6 Å². The largest absolute Gasteiger partial charge is 0.486 e. The molecule has 6 rings (SSSR count). The molecule has 218 valence electrons. The predicted molar refractivity (Wildman–Crippen MR) is 152 cm³/mol. The van der Waals surface area contributed by atoms with Gasteiger partial charge in [0.1, 0.15) is 24.1 Å². The minimum Gasteiger partial charge on any atom is -0.486 e. The van der Waals surface area contributed by atoms with E-state index in [1.54, 1.807) is 24.9 Å². The Morgan fingerprint density at radius 2 is 2.10 bits per heavy atom. The molecule has 0 radical (unpaired) electrons. The molecule has 1 spiro atoms. The fourth-order valence-corrected chi connectivity index (χ4v) is 7.54. The van der Waals surface area contributed by atoms with Crippen LogP contribution in [0.5, 0.6) is 5.75 Å². The van der Waals surface area contributed by atoms with Crippen molar-refractivity contribution in [2.24, 2.45) is 24.1 Å². The standard InChI is InChI=1S/C27H39N7O5S/c1-16-22(28)27(14-39-16)5-8-33(9-6-27)26-31-23(29)21(25(35)32(26)2)40-19-4-7-30-24-20(19)38-13-18-10-17(11-34(18)24)12-37-15-36-3/h4,7,16-18,22H,5-6,8-15,28-29H2,1-3H3/t16-,17?,18-,22+/m0/s1. The first kappa shape index (κ1) is 27.6. The SMILES string of the molecule is COCOCC1C[C@H]2COc3c(Sc4c(N)nc(N5CCC6(CC5)CO[C@@H](C)[C@H]6N)n(C)c4=O)ccnc3N2C1. The van der Waals surface area contributed by atoms with E-state index in [0.717, 1.165) is 49.6 Å². The number of hydrogen-bond acceptors (Lipinski definition) is 12. The van der Waals surface area contributed by atoms with Crippen molar-refractivity contribution in [3.63, 3.8) is 0 Å². The van der Waals surface area contributed by atoms with Gasteiger partial charge in [0, 0.05) is 57.4 Å². The smallest absolute Gasteiger partial charge is 0.270 e. The normalized spacial score (nSPS) is 27.1. The molecule has 4 aliphatic heterocycles. The van der Waals surface area contributed by atoms with Crippen molar-refractivity contribution in [2.45, 2.75) is 54.2 Å². The number of hydrogen-bond donors (Lipinski definition) is 2. The highest BCUT2D eigenvalue weighted by molar-refractivity contribution is 7.99. The molecule has 3 saturated heterocycles. The highest BCUT2D eigenvalue weighted by Crippen LogP contribution is 2.46. The number of nitrogens with two attached hydrogens (primary N) is 2. The average molecular weight is 574 g/mol. The van der Waals surface area contributed by atoms with E-state index < -0.39 is 0 Å². The van der Waals surface area contributed by atoms with Crippen molar-refractivity contribution in [1.82, 2.24) is 14.5 Å². The Morgan fingerprint density at radius 1 is 1.30 bits per heavy atom. The van der Waals surface area contributed by atoms with Crippen LogP contribution in [0.3, 0.4) is 0 Å². The zero-order valence-corrected chi connectivity index (χ0v) is 24.2. The molecule has 13 heteroatoms. The molecule has 12 nitrogen and oxygen atoms in total. The summed E-state index contributed by atoms with van der Waals surface area (Å²) >= 11 is 1.29. The molecule has 0 bridgehead atoms. The Bertz CT molecular complexity index is 1300. The fraction of sp³-hybridized carbons (Fsp3) is 0.667. The highest BCUT2D eigenvalue weighted by atomic mass is 32.2. The van der Waals surface area contributed by atoms with Gasteiger partial charge in [-0.1, -0.05) is 11.8 Å². The number of nitrogens with zero attached hydrogens (tertiary/aromatic N) is 5. The molecule has 3 fully saturated rings. The van der Waals surface area contributed by atoms with Crippen LogP contribution in [0.15, 0.2) is 26.8 Å². The summed E-state index contributed by atoms with van der Waals surface area (Å²) in [7, 11) is 3.38. The van der Waals surface area contributed by atoms with Crippen LogP contribution in [-0.2, 0) is 21.3 Å². The summed E-state index contributed by atoms with van der Waals surface area (Å²) in [5, 5.41) is 0. The molecule has 0 saturated carbocycles. The van der Waals surface area contributed by atoms with Crippen molar-refractivity contribution < 1.29 is 18.9 Å². The lowest BCUT2D eigenvalue weighted by molar-refractivity contribution is -0.0414. The molecule has 0 amide bonds. The molecule has 2 aromatic rings.